The van der Waals surface area contributed by atoms with Gasteiger partial charge in [0.05, 0.1) is 36.8 Å². The number of nitrogens with zero attached hydrogens (tertiary/aromatic N) is 3. The van der Waals surface area contributed by atoms with Crippen molar-refractivity contribution < 1.29 is 19.1 Å². The van der Waals surface area contributed by atoms with E-state index < -0.39 is 17.9 Å². The predicted molar refractivity (Wildman–Crippen MR) is 96.3 cm³/mol. The molecule has 0 spiro atoms. The van der Waals surface area contributed by atoms with E-state index in [1.54, 1.807) is 49.5 Å². The van der Waals surface area contributed by atoms with Crippen molar-refractivity contribution in [3.8, 4) is 5.75 Å². The maximum atomic E-state index is 12.6. The molecular formula is C17H18N4O4S. The highest BCUT2D eigenvalue weighted by Gasteiger charge is 2.24. The van der Waals surface area contributed by atoms with Crippen LogP contribution in [0.3, 0.4) is 0 Å². The van der Waals surface area contributed by atoms with Gasteiger partial charge in [0.15, 0.2) is 5.01 Å². The van der Waals surface area contributed by atoms with Crippen molar-refractivity contribution in [1.29, 1.82) is 0 Å². The Hall–Kier alpha value is -2.94. The van der Waals surface area contributed by atoms with Crippen molar-refractivity contribution in [3.63, 3.8) is 0 Å². The number of fused-ring (bicyclic) bond motifs is 1. The number of aromatic nitrogens is 3. The molecule has 0 bridgehead atoms. The first kappa shape index (κ1) is 17.9. The maximum absolute atomic E-state index is 12.6. The van der Waals surface area contributed by atoms with Crippen molar-refractivity contribution in [2.45, 2.75) is 19.5 Å². The number of carbonyl (C=O) groups excluding carboxylic acids is 2. The third-order valence-electron chi connectivity index (χ3n) is 3.62. The Morgan fingerprint density at radius 1 is 1.38 bits per heavy atom. The standard InChI is InChI=1S/C17H18N4O4S/c1-3-25-17(23)13(9-21-7-6-18-10-21)19-15(22)16-20-12-5-4-11(24-2)8-14(12)26-16/h4-8,10,13H,3,9H2,1-2H3,(H,19,22). The molecule has 26 heavy (non-hydrogen) atoms. The fraction of sp³-hybridized carbons (Fsp3) is 0.294. The molecule has 1 amide bonds. The number of hydrogen-bond acceptors (Lipinski definition) is 7. The summed E-state index contributed by atoms with van der Waals surface area (Å²) in [7, 11) is 1.58. The average Bonchev–Trinajstić information content (AvgIpc) is 3.29. The van der Waals surface area contributed by atoms with Crippen molar-refractivity contribution in [2.75, 3.05) is 13.7 Å². The van der Waals surface area contributed by atoms with Gasteiger partial charge in [-0.05, 0) is 25.1 Å². The number of thiazole rings is 1. The van der Waals surface area contributed by atoms with E-state index in [0.717, 1.165) is 4.70 Å². The number of ether oxygens (including phenoxy) is 2. The van der Waals surface area contributed by atoms with Crippen LogP contribution in [0.1, 0.15) is 16.7 Å². The van der Waals surface area contributed by atoms with Crippen LogP contribution >= 0.6 is 11.3 Å². The van der Waals surface area contributed by atoms with Crippen LogP contribution in [-0.2, 0) is 16.1 Å². The van der Waals surface area contributed by atoms with Gasteiger partial charge in [0.2, 0.25) is 0 Å². The van der Waals surface area contributed by atoms with Gasteiger partial charge in [-0.15, -0.1) is 11.3 Å². The van der Waals surface area contributed by atoms with Crippen LogP contribution in [-0.4, -0.2) is 46.2 Å². The molecule has 0 saturated carbocycles. The molecule has 9 heteroatoms. The topological polar surface area (TPSA) is 95.3 Å². The van der Waals surface area contributed by atoms with E-state index in [1.807, 2.05) is 6.07 Å². The molecule has 8 nitrogen and oxygen atoms in total. The number of rotatable bonds is 7. The number of esters is 1. The Morgan fingerprint density at radius 2 is 2.23 bits per heavy atom. The Morgan fingerprint density at radius 3 is 2.92 bits per heavy atom. The average molecular weight is 374 g/mol. The molecule has 0 radical (unpaired) electrons. The molecule has 0 aliphatic rings. The van der Waals surface area contributed by atoms with Gasteiger partial charge in [-0.2, -0.15) is 0 Å². The minimum atomic E-state index is -0.835. The van der Waals surface area contributed by atoms with E-state index in [4.69, 9.17) is 9.47 Å². The molecule has 2 heterocycles. The van der Waals surface area contributed by atoms with Crippen LogP contribution in [0.25, 0.3) is 10.2 Å². The Bertz CT molecular complexity index is 907. The zero-order valence-corrected chi connectivity index (χ0v) is 15.2. The Balaban J connectivity index is 1.79. The fourth-order valence-electron chi connectivity index (χ4n) is 2.38. The molecule has 0 saturated heterocycles. The van der Waals surface area contributed by atoms with Crippen LogP contribution in [0.5, 0.6) is 5.75 Å². The summed E-state index contributed by atoms with van der Waals surface area (Å²) in [5.74, 6) is -0.238. The van der Waals surface area contributed by atoms with Gasteiger partial charge in [-0.25, -0.2) is 14.8 Å². The smallest absolute Gasteiger partial charge is 0.330 e. The number of amides is 1. The maximum Gasteiger partial charge on any atom is 0.330 e. The summed E-state index contributed by atoms with van der Waals surface area (Å²) < 4.78 is 12.8. The van der Waals surface area contributed by atoms with Gasteiger partial charge in [0, 0.05) is 12.4 Å². The lowest BCUT2D eigenvalue weighted by Crippen LogP contribution is -2.44. The largest absolute Gasteiger partial charge is 0.497 e. The van der Waals surface area contributed by atoms with Crippen LogP contribution in [0.15, 0.2) is 36.9 Å². The predicted octanol–water partition coefficient (Wildman–Crippen LogP) is 1.86. The molecule has 3 aromatic rings. The number of imidazole rings is 1. The van der Waals surface area contributed by atoms with E-state index in [2.05, 4.69) is 15.3 Å². The van der Waals surface area contributed by atoms with Crippen LogP contribution in [0.2, 0.25) is 0 Å². The first-order valence-corrected chi connectivity index (χ1v) is 8.80. The summed E-state index contributed by atoms with van der Waals surface area (Å²) in [4.78, 5) is 33.0. The summed E-state index contributed by atoms with van der Waals surface area (Å²) in [6.07, 6.45) is 4.88. The normalized spacial score (nSPS) is 11.9. The lowest BCUT2D eigenvalue weighted by molar-refractivity contribution is -0.145. The third-order valence-corrected chi connectivity index (χ3v) is 4.64. The molecule has 3 rings (SSSR count). The van der Waals surface area contributed by atoms with Gasteiger partial charge >= 0.3 is 5.97 Å². The molecule has 1 N–H and O–H groups in total. The lowest BCUT2D eigenvalue weighted by Gasteiger charge is -2.17. The van der Waals surface area contributed by atoms with Crippen molar-refractivity contribution in [2.24, 2.45) is 0 Å². The summed E-state index contributed by atoms with van der Waals surface area (Å²) in [5, 5.41) is 2.97. The number of nitrogens with one attached hydrogen (secondary N) is 1. The summed E-state index contributed by atoms with van der Waals surface area (Å²) >= 11 is 1.24. The molecule has 1 aromatic carbocycles. The summed E-state index contributed by atoms with van der Waals surface area (Å²) in [6.45, 7) is 2.17. The first-order valence-electron chi connectivity index (χ1n) is 7.98. The number of hydrogen-bond donors (Lipinski definition) is 1. The molecule has 1 unspecified atom stereocenters. The highest BCUT2D eigenvalue weighted by atomic mass is 32.1. The Kier molecular flexibility index (Phi) is 5.47. The highest BCUT2D eigenvalue weighted by molar-refractivity contribution is 7.20. The van der Waals surface area contributed by atoms with Gasteiger partial charge in [0.25, 0.3) is 5.91 Å². The lowest BCUT2D eigenvalue weighted by atomic mass is 10.3. The zero-order valence-electron chi connectivity index (χ0n) is 14.3. The summed E-state index contributed by atoms with van der Waals surface area (Å²) in [6, 6.07) is 4.55. The second-order valence-electron chi connectivity index (χ2n) is 5.39. The van der Waals surface area contributed by atoms with E-state index >= 15 is 0 Å². The molecular weight excluding hydrogens is 356 g/mol. The van der Waals surface area contributed by atoms with Crippen molar-refractivity contribution >= 4 is 33.4 Å². The third kappa shape index (κ3) is 3.99. The Labute approximate surface area is 153 Å². The highest BCUT2D eigenvalue weighted by Crippen LogP contribution is 2.26. The first-order chi connectivity index (χ1) is 12.6. The second kappa shape index (κ2) is 7.96. The molecule has 1 atom stereocenters. The SMILES string of the molecule is CCOC(=O)C(Cn1ccnc1)NC(=O)c1nc2ccc(OC)cc2s1. The van der Waals surface area contributed by atoms with E-state index in [0.29, 0.717) is 11.3 Å². The van der Waals surface area contributed by atoms with Gasteiger partial charge in [0.1, 0.15) is 11.8 Å². The number of carbonyl (C=O) groups is 2. The quantitative estimate of drug-likeness (QED) is 0.634. The van der Waals surface area contributed by atoms with E-state index in [1.165, 1.54) is 11.3 Å². The van der Waals surface area contributed by atoms with Gasteiger partial charge in [-0.3, -0.25) is 4.79 Å². The fourth-order valence-corrected chi connectivity index (χ4v) is 3.27. The zero-order chi connectivity index (χ0) is 18.5. The van der Waals surface area contributed by atoms with Gasteiger partial charge < -0.3 is 19.4 Å². The molecule has 2 aromatic heterocycles. The summed E-state index contributed by atoms with van der Waals surface area (Å²) in [5.41, 5.74) is 0.697. The van der Waals surface area contributed by atoms with Crippen LogP contribution < -0.4 is 10.1 Å². The molecule has 136 valence electrons. The number of benzene rings is 1. The van der Waals surface area contributed by atoms with E-state index in [9.17, 15) is 9.59 Å². The van der Waals surface area contributed by atoms with Gasteiger partial charge in [-0.1, -0.05) is 0 Å². The van der Waals surface area contributed by atoms with Crippen molar-refractivity contribution in [3.05, 3.63) is 41.9 Å². The minimum absolute atomic E-state index is 0.225. The molecule has 0 aliphatic carbocycles. The van der Waals surface area contributed by atoms with Crippen LogP contribution in [0.4, 0.5) is 0 Å². The minimum Gasteiger partial charge on any atom is -0.497 e. The van der Waals surface area contributed by atoms with E-state index in [-0.39, 0.29) is 18.2 Å². The van der Waals surface area contributed by atoms with Crippen molar-refractivity contribution in [1.82, 2.24) is 19.9 Å². The second-order valence-corrected chi connectivity index (χ2v) is 6.42. The van der Waals surface area contributed by atoms with Crippen LogP contribution in [0, 0.1) is 0 Å². The molecule has 0 fully saturated rings. The number of methoxy groups -OCH3 is 1. The molecule has 0 aliphatic heterocycles. The monoisotopic (exact) mass is 374 g/mol.